The molecule has 0 saturated heterocycles. The van der Waals surface area contributed by atoms with Gasteiger partial charge >= 0.3 is 15.6 Å². The third kappa shape index (κ3) is 20.7. The molecule has 0 aliphatic heterocycles. The fourth-order valence-corrected chi connectivity index (χ4v) is 11.8. The predicted octanol–water partition coefficient (Wildman–Crippen LogP) is 19.0. The van der Waals surface area contributed by atoms with Gasteiger partial charge in [0.1, 0.15) is 0 Å². The van der Waals surface area contributed by atoms with Crippen molar-refractivity contribution in [1.29, 1.82) is 0 Å². The Morgan fingerprint density at radius 3 is 1.26 bits per heavy atom. The Morgan fingerprint density at radius 1 is 0.468 bits per heavy atom. The number of aromatic nitrogens is 4. The van der Waals surface area contributed by atoms with Gasteiger partial charge in [-0.05, 0) is 181 Å². The SMILES string of the molecule is CO.CO.O=S(=O)(O)C(F)(F)F.[2H]C([2H])([2H])c1c[c-]c(-c2cc(C)c(C([2H])([2H])[2H])cn2)cc1.[2H]C([2H])([2H])c1c[c-]c(-c2cc(C)c(C([2H])([2H])[2H])cn2)cc1.[2H]C1(c2ccc(-c3ccnc(-c4[c-]cccc4)c3)cc2)CC2CCC1C2.[2H]C1(c2ccc(-c3ccnc(-c4ccccc4)c3)cc2)CC2CCC1C2.[Ir].[Ir]. The Hall–Kier alpha value is -7.16. The van der Waals surface area contributed by atoms with Gasteiger partial charge in [-0.25, -0.2) is 0 Å². The van der Waals surface area contributed by atoms with Crippen molar-refractivity contribution in [2.45, 2.75) is 110 Å². The number of fused-ring (bicyclic) bond motifs is 4. The molecule has 4 saturated carbocycles. The number of aliphatic hydroxyl groups is 2. The molecule has 4 fully saturated rings. The molecular weight excluding hydrogens is 1560 g/mol. The molecule has 94 heavy (non-hydrogen) atoms. The molecule has 0 amide bonds. The van der Waals surface area contributed by atoms with E-state index in [1.165, 1.54) is 103 Å². The summed E-state index contributed by atoms with van der Waals surface area (Å²) >= 11 is 0. The first-order chi connectivity index (χ1) is 49.9. The molecular formula is C79H82F3Ir2N4O5S-3. The van der Waals surface area contributed by atoms with Gasteiger partial charge in [0.15, 0.2) is 0 Å². The van der Waals surface area contributed by atoms with E-state index >= 15 is 0 Å². The van der Waals surface area contributed by atoms with E-state index in [-0.39, 0.29) is 74.3 Å². The number of aryl methyl sites for hydroxylation is 6. The van der Waals surface area contributed by atoms with Gasteiger partial charge < -0.3 is 25.2 Å². The molecule has 9 nitrogen and oxygen atoms in total. The molecule has 3 N–H and O–H groups in total. The minimum Gasteiger partial charge on any atom is -0.400 e. The van der Waals surface area contributed by atoms with Crippen LogP contribution in [-0.2, 0) is 50.3 Å². The van der Waals surface area contributed by atoms with E-state index in [0.717, 1.165) is 67.0 Å². The van der Waals surface area contributed by atoms with Gasteiger partial charge in [-0.3, -0.25) is 9.54 Å². The van der Waals surface area contributed by atoms with Crippen molar-refractivity contribution in [3.05, 3.63) is 263 Å². The topological polar surface area (TPSA) is 146 Å². The second-order valence-electron chi connectivity index (χ2n) is 22.5. The van der Waals surface area contributed by atoms with Gasteiger partial charge in [0.05, 0.1) is 5.69 Å². The van der Waals surface area contributed by atoms with Crippen molar-refractivity contribution in [1.82, 2.24) is 19.9 Å². The molecule has 6 aromatic carbocycles. The summed E-state index contributed by atoms with van der Waals surface area (Å²) in [7, 11) is -3.84. The van der Waals surface area contributed by atoms with Crippen LogP contribution < -0.4 is 0 Å². The van der Waals surface area contributed by atoms with Crippen LogP contribution in [0.5, 0.6) is 0 Å². The summed E-state index contributed by atoms with van der Waals surface area (Å²) in [6, 6.07) is 65.5. The zero-order valence-electron chi connectivity index (χ0n) is 66.2. The van der Waals surface area contributed by atoms with E-state index in [0.29, 0.717) is 45.5 Å². The van der Waals surface area contributed by atoms with Crippen molar-refractivity contribution < 1.29 is 95.8 Å². The summed E-state index contributed by atoms with van der Waals surface area (Å²) in [5.74, 6) is 1.97. The summed E-state index contributed by atoms with van der Waals surface area (Å²) in [5, 5.41) is 14.0. The second-order valence-corrected chi connectivity index (χ2v) is 24.0. The van der Waals surface area contributed by atoms with Crippen LogP contribution in [-0.4, -0.2) is 62.8 Å². The quantitative estimate of drug-likeness (QED) is 0.0769. The van der Waals surface area contributed by atoms with Gasteiger partial charge in [-0.1, -0.05) is 135 Å². The van der Waals surface area contributed by atoms with Gasteiger partial charge in [0, 0.05) is 104 Å². The van der Waals surface area contributed by atoms with Crippen LogP contribution in [0.15, 0.2) is 201 Å². The number of nitrogens with zero attached hydrogens (tertiary/aromatic N) is 4. The van der Waals surface area contributed by atoms with E-state index in [1.807, 2.05) is 54.9 Å². The fraction of sp³-hybridized carbons (Fsp3) is 0.291. The number of aliphatic hydroxyl groups excluding tert-OH is 2. The van der Waals surface area contributed by atoms with Gasteiger partial charge in [0.25, 0.3) is 0 Å². The zero-order valence-corrected chi connectivity index (χ0v) is 57.8. The van der Waals surface area contributed by atoms with Crippen molar-refractivity contribution in [3.8, 4) is 67.3 Å². The first kappa shape index (κ1) is 57.1. The van der Waals surface area contributed by atoms with Gasteiger partial charge in [-0.2, -0.15) is 21.6 Å². The molecule has 4 heterocycles. The van der Waals surface area contributed by atoms with Crippen LogP contribution in [0.4, 0.5) is 13.2 Å². The summed E-state index contributed by atoms with van der Waals surface area (Å²) < 4.78 is 164. The number of hydrogen-bond donors (Lipinski definition) is 3. The number of pyridine rings is 4. The molecule has 4 aliphatic carbocycles. The zero-order chi connectivity index (χ0) is 77.8. The maximum atomic E-state index is 10.7. The number of hydrogen-bond acceptors (Lipinski definition) is 8. The average Bonchev–Trinajstić information content (AvgIpc) is 1.60. The molecule has 14 rings (SSSR count). The smallest absolute Gasteiger partial charge is 0.400 e. The van der Waals surface area contributed by atoms with Crippen LogP contribution in [0, 0.1) is 83.1 Å². The summed E-state index contributed by atoms with van der Waals surface area (Å²) in [6.07, 6.45) is 16.2. The Balaban J connectivity index is 0.000000214. The molecule has 15 heteroatoms. The minimum absolute atomic E-state index is 0. The summed E-state index contributed by atoms with van der Waals surface area (Å²) in [6.45, 7) is -5.28. The van der Waals surface area contributed by atoms with E-state index in [2.05, 4.69) is 123 Å². The van der Waals surface area contributed by atoms with E-state index in [1.54, 1.807) is 38.1 Å². The molecule has 2 radical (unpaired) electrons. The van der Waals surface area contributed by atoms with Gasteiger partial charge in [-0.15, -0.1) is 107 Å². The van der Waals surface area contributed by atoms with Crippen LogP contribution in [0.2, 0.25) is 0 Å². The molecule has 10 aromatic rings. The number of alkyl halides is 3. The summed E-state index contributed by atoms with van der Waals surface area (Å²) in [4.78, 5) is 17.3. The third-order valence-corrected chi connectivity index (χ3v) is 17.1. The van der Waals surface area contributed by atoms with Gasteiger partial charge in [0.2, 0.25) is 0 Å². The Labute approximate surface area is 601 Å². The fourth-order valence-electron chi connectivity index (χ4n) is 11.8. The average molecular weight is 1660 g/mol. The predicted molar refractivity (Wildman–Crippen MR) is 365 cm³/mol. The first-order valence-corrected chi connectivity index (χ1v) is 31.4. The van der Waals surface area contributed by atoms with Crippen molar-refractivity contribution >= 4 is 10.1 Å². The van der Waals surface area contributed by atoms with E-state index in [9.17, 15) is 13.2 Å². The summed E-state index contributed by atoms with van der Waals surface area (Å²) in [5.41, 5.74) is 10.1. The van der Waals surface area contributed by atoms with Crippen LogP contribution >= 0.6 is 0 Å². The second kappa shape index (κ2) is 36.1. The molecule has 6 atom stereocenters. The molecule has 4 aromatic heterocycles. The Morgan fingerprint density at radius 2 is 0.894 bits per heavy atom. The van der Waals surface area contributed by atoms with Crippen LogP contribution in [0.3, 0.4) is 0 Å². The number of halogens is 3. The van der Waals surface area contributed by atoms with E-state index in [4.69, 9.17) is 42.4 Å². The van der Waals surface area contributed by atoms with E-state index < -0.39 is 43.0 Å². The van der Waals surface area contributed by atoms with Crippen LogP contribution in [0.1, 0.15) is 127 Å². The molecule has 6 unspecified atom stereocenters. The van der Waals surface area contributed by atoms with Crippen molar-refractivity contribution in [2.24, 2.45) is 23.7 Å². The third-order valence-electron chi connectivity index (χ3n) is 16.5. The number of rotatable bonds is 8. The largest absolute Gasteiger partial charge is 0.522 e. The normalized spacial score (nSPS) is 22.0. The monoisotopic (exact) mass is 1660 g/mol. The number of benzene rings is 6. The van der Waals surface area contributed by atoms with Crippen molar-refractivity contribution in [2.75, 3.05) is 14.2 Å². The molecule has 496 valence electrons. The standard InChI is InChI=1S/C24H23N.C24H22N.2C14H14N.CHF3O3S.2CH4O.2Ir/c2*1-2-4-20(5-3-1)24-16-21(12-13-25-24)18-8-10-19(11-9-18)23-15-17-6-7-22(23)14-17;2*1-10-4-6-13(7-5-10)14-8-11(2)12(3)9-15-14;2-1(3,4)8(5,6)7;2*1-2;;/h1-5,8-13,16-17,22-23H,6-7,14-15H2;1-4,8-13,16-17,22-23H,6-7,14-15H2;2*4-6,8-9H,1-3H3;(H,5,6,7);2*2H,1H3;;/q;3*-1;;;;;/i2*23D;2*1D3,3D3;;;;;. The Bertz CT molecular complexity index is 4380. The van der Waals surface area contributed by atoms with Crippen molar-refractivity contribution in [3.63, 3.8) is 0 Å². The maximum Gasteiger partial charge on any atom is 0.522 e. The molecule has 4 bridgehead atoms. The minimum atomic E-state index is -5.84. The maximum absolute atomic E-state index is 10.7. The van der Waals surface area contributed by atoms with Crippen LogP contribution in [0.25, 0.3) is 67.3 Å². The molecule has 4 aliphatic rings. The Kier molecular flexibility index (Phi) is 21.9. The molecule has 0 spiro atoms. The first-order valence-electron chi connectivity index (χ1n) is 37.0.